The van der Waals surface area contributed by atoms with E-state index in [9.17, 15) is 14.7 Å². The number of nitrogens with one attached hydrogen (secondary N) is 4. The van der Waals surface area contributed by atoms with Crippen molar-refractivity contribution in [1.82, 2.24) is 15.8 Å². The van der Waals surface area contributed by atoms with Crippen LogP contribution in [0, 0.1) is 5.92 Å². The van der Waals surface area contributed by atoms with Crippen LogP contribution in [-0.2, 0) is 0 Å². The van der Waals surface area contributed by atoms with Gasteiger partial charge < -0.3 is 15.2 Å². The van der Waals surface area contributed by atoms with Crippen molar-refractivity contribution in [2.45, 2.75) is 18.5 Å². The first-order chi connectivity index (χ1) is 16.0. The summed E-state index contributed by atoms with van der Waals surface area (Å²) in [5, 5.41) is 13.7. The number of hydrazine groups is 1. The Hall–Kier alpha value is -3.47. The number of H-pyrrole nitrogens is 1. The molecule has 9 nitrogen and oxygen atoms in total. The second-order valence-corrected chi connectivity index (χ2v) is 8.96. The van der Waals surface area contributed by atoms with Crippen molar-refractivity contribution in [3.63, 3.8) is 0 Å². The number of aromatic hydroxyl groups is 1. The highest BCUT2D eigenvalue weighted by Gasteiger charge is 2.37. The minimum atomic E-state index is -0.637. The van der Waals surface area contributed by atoms with E-state index < -0.39 is 10.4 Å². The van der Waals surface area contributed by atoms with Crippen molar-refractivity contribution in [3.05, 3.63) is 79.7 Å². The highest BCUT2D eigenvalue weighted by Crippen LogP contribution is 2.37. The molecule has 3 aromatic rings. The number of aliphatic imine (C=N–C) groups is 1. The third-order valence-electron chi connectivity index (χ3n) is 6.06. The predicted octanol–water partition coefficient (Wildman–Crippen LogP) is 2.28. The number of aromatic nitrogens is 1. The van der Waals surface area contributed by atoms with Gasteiger partial charge in [0.2, 0.25) is 0 Å². The number of aromatic amines is 1. The second-order valence-electron chi connectivity index (χ2n) is 7.99. The Morgan fingerprint density at radius 1 is 1.12 bits per heavy atom. The summed E-state index contributed by atoms with van der Waals surface area (Å²) in [4.78, 5) is 30.7. The van der Waals surface area contributed by atoms with Crippen LogP contribution in [0.3, 0.4) is 0 Å². The van der Waals surface area contributed by atoms with E-state index in [1.165, 1.54) is 0 Å². The Kier molecular flexibility index (Phi) is 5.71. The summed E-state index contributed by atoms with van der Waals surface area (Å²) in [5.74, 6) is 0.883. The minimum absolute atomic E-state index is 0.00127. The number of benzene rings is 2. The van der Waals surface area contributed by atoms with E-state index in [1.807, 2.05) is 48.5 Å². The molecule has 5 N–H and O–H groups in total. The van der Waals surface area contributed by atoms with Gasteiger partial charge in [0.05, 0.1) is 30.2 Å². The summed E-state index contributed by atoms with van der Waals surface area (Å²) in [6, 6.07) is 15.4. The molecule has 0 aliphatic carbocycles. The molecule has 0 radical (unpaired) electrons. The molecule has 0 spiro atoms. The van der Waals surface area contributed by atoms with E-state index in [0.717, 1.165) is 17.0 Å². The van der Waals surface area contributed by atoms with Crippen molar-refractivity contribution in [3.8, 4) is 10.8 Å². The molecule has 0 bridgehead atoms. The molecule has 3 atom stereocenters. The zero-order valence-corrected chi connectivity index (χ0v) is 18.6. The maximum absolute atomic E-state index is 12.6. The number of fused-ring (bicyclic) bond motifs is 1. The number of hydrogen-bond acceptors (Lipinski definition) is 9. The third-order valence-corrected chi connectivity index (χ3v) is 6.75. The molecule has 33 heavy (non-hydrogen) atoms. The lowest BCUT2D eigenvalue weighted by atomic mass is 9.85. The number of anilines is 1. The predicted molar refractivity (Wildman–Crippen MR) is 128 cm³/mol. The summed E-state index contributed by atoms with van der Waals surface area (Å²) >= 11 is 0.596. The van der Waals surface area contributed by atoms with Crippen molar-refractivity contribution in [2.24, 2.45) is 10.9 Å². The van der Waals surface area contributed by atoms with Gasteiger partial charge in [-0.1, -0.05) is 24.3 Å². The fraction of sp³-hybridized carbons (Fsp3) is 0.261. The van der Waals surface area contributed by atoms with Crippen LogP contribution in [0.1, 0.15) is 23.6 Å². The standard InChI is InChI=1S/C23H23N5O4S/c1-32-13-8-6-12(7-9-13)20-14(11-24-28-20)17-10-18(19-21(29)27-23(31)33-22(19)30)26-16-5-3-2-4-15(16)25-17/h2-9,14,17,20,24-25,28,30H,10-11H2,1H3,(H,27,29,31). The number of ether oxygens (including phenoxy) is 1. The van der Waals surface area contributed by atoms with E-state index >= 15 is 0 Å². The van der Waals surface area contributed by atoms with Crippen LogP contribution in [0.5, 0.6) is 10.8 Å². The molecular formula is C23H23N5O4S. The van der Waals surface area contributed by atoms with Crippen LogP contribution in [0.25, 0.3) is 0 Å². The Morgan fingerprint density at radius 2 is 1.91 bits per heavy atom. The maximum atomic E-state index is 12.6. The summed E-state index contributed by atoms with van der Waals surface area (Å²) in [5.41, 5.74) is 9.08. The molecule has 0 saturated carbocycles. The highest BCUT2D eigenvalue weighted by molar-refractivity contribution is 7.11. The molecule has 1 saturated heterocycles. The summed E-state index contributed by atoms with van der Waals surface area (Å²) < 4.78 is 5.28. The highest BCUT2D eigenvalue weighted by atomic mass is 32.1. The lowest BCUT2D eigenvalue weighted by Gasteiger charge is -2.29. The molecule has 2 aromatic carbocycles. The summed E-state index contributed by atoms with van der Waals surface area (Å²) in [6.45, 7) is 0.689. The van der Waals surface area contributed by atoms with Gasteiger partial charge in [0.15, 0.2) is 5.06 Å². The van der Waals surface area contributed by atoms with Crippen molar-refractivity contribution >= 4 is 28.4 Å². The number of hydrogen-bond donors (Lipinski definition) is 5. The molecule has 1 aromatic heterocycles. The molecule has 170 valence electrons. The second kappa shape index (κ2) is 8.81. The van der Waals surface area contributed by atoms with Crippen LogP contribution >= 0.6 is 11.3 Å². The van der Waals surface area contributed by atoms with Gasteiger partial charge in [0.25, 0.3) is 5.56 Å². The van der Waals surface area contributed by atoms with Gasteiger partial charge in [0.1, 0.15) is 11.3 Å². The van der Waals surface area contributed by atoms with Crippen LogP contribution in [-0.4, -0.2) is 35.5 Å². The van der Waals surface area contributed by atoms with Gasteiger partial charge in [-0.2, -0.15) is 0 Å². The molecule has 2 aliphatic heterocycles. The first kappa shape index (κ1) is 21.4. The van der Waals surface area contributed by atoms with E-state index in [2.05, 4.69) is 21.2 Å². The van der Waals surface area contributed by atoms with E-state index in [4.69, 9.17) is 9.73 Å². The Bertz CT molecular complexity index is 1320. The monoisotopic (exact) mass is 465 g/mol. The molecule has 1 fully saturated rings. The SMILES string of the molecule is COc1ccc(C2NNCC2C2CC(c3c(O)sc(=O)[nH]c3=O)=Nc3ccccc3N2)cc1. The lowest BCUT2D eigenvalue weighted by molar-refractivity contribution is 0.409. The molecule has 0 amide bonds. The summed E-state index contributed by atoms with van der Waals surface area (Å²) in [6.07, 6.45) is 0.386. The van der Waals surface area contributed by atoms with Gasteiger partial charge in [-0.15, -0.1) is 0 Å². The fourth-order valence-corrected chi connectivity index (χ4v) is 5.09. The third kappa shape index (κ3) is 4.15. The van der Waals surface area contributed by atoms with E-state index in [0.29, 0.717) is 35.7 Å². The number of methoxy groups -OCH3 is 1. The average Bonchev–Trinajstić information content (AvgIpc) is 3.21. The normalized spacial score (nSPS) is 22.1. The molecule has 3 unspecified atom stereocenters. The topological polar surface area (TPSA) is 128 Å². The maximum Gasteiger partial charge on any atom is 0.310 e. The fourth-order valence-electron chi connectivity index (χ4n) is 4.46. The molecule has 5 rings (SSSR count). The van der Waals surface area contributed by atoms with Gasteiger partial charge in [-0.05, 0) is 41.2 Å². The van der Waals surface area contributed by atoms with Crippen LogP contribution in [0.2, 0.25) is 0 Å². The van der Waals surface area contributed by atoms with Crippen molar-refractivity contribution < 1.29 is 9.84 Å². The van der Waals surface area contributed by atoms with Gasteiger partial charge >= 0.3 is 4.87 Å². The van der Waals surface area contributed by atoms with Crippen molar-refractivity contribution in [1.29, 1.82) is 0 Å². The first-order valence-electron chi connectivity index (χ1n) is 10.6. The van der Waals surface area contributed by atoms with Crippen molar-refractivity contribution in [2.75, 3.05) is 19.0 Å². The minimum Gasteiger partial charge on any atom is -0.499 e. The largest absolute Gasteiger partial charge is 0.499 e. The molecule has 3 heterocycles. The van der Waals surface area contributed by atoms with Gasteiger partial charge in [-0.3, -0.25) is 25.0 Å². The average molecular weight is 466 g/mol. The zero-order valence-electron chi connectivity index (χ0n) is 17.8. The molecule has 2 aliphatic rings. The quantitative estimate of drug-likeness (QED) is 0.400. The number of nitrogens with zero attached hydrogens (tertiary/aromatic N) is 1. The lowest BCUT2D eigenvalue weighted by Crippen LogP contribution is -2.36. The van der Waals surface area contributed by atoms with Gasteiger partial charge in [0, 0.05) is 24.9 Å². The first-order valence-corrected chi connectivity index (χ1v) is 11.4. The van der Waals surface area contributed by atoms with E-state index in [-0.39, 0.29) is 28.6 Å². The molecule has 10 heteroatoms. The zero-order chi connectivity index (χ0) is 22.9. The molecular weight excluding hydrogens is 442 g/mol. The Morgan fingerprint density at radius 3 is 2.67 bits per heavy atom. The van der Waals surface area contributed by atoms with Gasteiger partial charge in [-0.25, -0.2) is 5.43 Å². The summed E-state index contributed by atoms with van der Waals surface area (Å²) in [7, 11) is 1.64. The van der Waals surface area contributed by atoms with Crippen LogP contribution in [0.15, 0.2) is 63.1 Å². The van der Waals surface area contributed by atoms with E-state index in [1.54, 1.807) is 7.11 Å². The number of para-hydroxylation sites is 2. The van der Waals surface area contributed by atoms with Crippen LogP contribution in [0.4, 0.5) is 11.4 Å². The Balaban J connectivity index is 1.55. The van der Waals surface area contributed by atoms with Crippen LogP contribution < -0.4 is 31.3 Å². The Labute approximate surface area is 193 Å². The smallest absolute Gasteiger partial charge is 0.310 e. The number of rotatable bonds is 4.